The van der Waals surface area contributed by atoms with Gasteiger partial charge in [0.25, 0.3) is 10.0 Å². The molecule has 0 fully saturated rings. The molecular weight excluding hydrogens is 282 g/mol. The van der Waals surface area contributed by atoms with Crippen molar-refractivity contribution in [3.63, 3.8) is 0 Å². The van der Waals surface area contributed by atoms with Crippen LogP contribution in [0.2, 0.25) is 0 Å². The minimum absolute atomic E-state index is 0.223. The van der Waals surface area contributed by atoms with Crippen LogP contribution in [0.1, 0.15) is 24.0 Å². The Labute approximate surface area is 125 Å². The molecule has 1 aliphatic heterocycles. The lowest BCUT2D eigenvalue weighted by Gasteiger charge is -2.17. The normalized spacial score (nSPS) is 18.1. The number of fused-ring (bicyclic) bond motifs is 1. The largest absolute Gasteiger partial charge is 0.266 e. The quantitative estimate of drug-likeness (QED) is 0.868. The van der Waals surface area contributed by atoms with Crippen LogP contribution in [0.5, 0.6) is 0 Å². The van der Waals surface area contributed by atoms with Gasteiger partial charge in [0.05, 0.1) is 11.1 Å². The lowest BCUT2D eigenvalue weighted by molar-refractivity contribution is 0.599. The summed E-state index contributed by atoms with van der Waals surface area (Å²) in [7, 11) is -3.45. The molecule has 0 amide bonds. The molecule has 3 nitrogen and oxygen atoms in total. The summed E-state index contributed by atoms with van der Waals surface area (Å²) in [6.45, 7) is 2.55. The number of hydrogen-bond acceptors (Lipinski definition) is 2. The van der Waals surface area contributed by atoms with Crippen LogP contribution in [0.25, 0.3) is 6.08 Å². The molecule has 1 unspecified atom stereocenters. The van der Waals surface area contributed by atoms with E-state index in [2.05, 4.69) is 6.92 Å². The predicted molar refractivity (Wildman–Crippen MR) is 86.6 cm³/mol. The number of hydrogen-bond donors (Lipinski definition) is 0. The van der Waals surface area contributed by atoms with Gasteiger partial charge in [-0.1, -0.05) is 55.5 Å². The fraction of sp³-hybridized carbons (Fsp3) is 0.176. The van der Waals surface area contributed by atoms with E-state index in [1.54, 1.807) is 6.08 Å². The molecular formula is C17H17NO2S. The van der Waals surface area contributed by atoms with Crippen LogP contribution >= 0.6 is 0 Å². The zero-order valence-corrected chi connectivity index (χ0v) is 12.6. The second-order valence-corrected chi connectivity index (χ2v) is 6.99. The van der Waals surface area contributed by atoms with Crippen molar-refractivity contribution in [2.24, 2.45) is 0 Å². The third kappa shape index (κ3) is 2.72. The topological polar surface area (TPSA) is 37.4 Å². The van der Waals surface area contributed by atoms with Crippen molar-refractivity contribution >= 4 is 21.8 Å². The molecule has 2 aromatic rings. The van der Waals surface area contributed by atoms with Gasteiger partial charge >= 0.3 is 0 Å². The van der Waals surface area contributed by atoms with E-state index >= 15 is 0 Å². The lowest BCUT2D eigenvalue weighted by atomic mass is 10.0. The molecule has 0 N–H and O–H groups in total. The van der Waals surface area contributed by atoms with Gasteiger partial charge in [0.15, 0.2) is 0 Å². The molecule has 0 aliphatic carbocycles. The molecule has 0 radical (unpaired) electrons. The van der Waals surface area contributed by atoms with Gasteiger partial charge < -0.3 is 0 Å². The van der Waals surface area contributed by atoms with Crippen LogP contribution in [0.4, 0.5) is 5.69 Å². The molecule has 3 rings (SSSR count). The maximum atomic E-state index is 12.6. The molecule has 0 bridgehead atoms. The molecule has 1 atom stereocenters. The predicted octanol–water partition coefficient (Wildman–Crippen LogP) is 3.61. The molecule has 108 valence electrons. The zero-order chi connectivity index (χ0) is 14.9. The molecule has 0 spiro atoms. The number of para-hydroxylation sites is 1. The average molecular weight is 299 g/mol. The first-order chi connectivity index (χ1) is 10.1. The van der Waals surface area contributed by atoms with Gasteiger partial charge in [0, 0.05) is 12.5 Å². The summed E-state index contributed by atoms with van der Waals surface area (Å²) in [4.78, 5) is 0. The molecule has 4 heteroatoms. The Hall–Kier alpha value is -2.07. The fourth-order valence-corrected chi connectivity index (χ4v) is 3.97. The highest BCUT2D eigenvalue weighted by molar-refractivity contribution is 7.95. The van der Waals surface area contributed by atoms with E-state index < -0.39 is 10.0 Å². The first kappa shape index (κ1) is 13.9. The SMILES string of the molecule is CC1CN(S(=O)(=O)C=Cc2ccccc2)c2ccccc21. The zero-order valence-electron chi connectivity index (χ0n) is 11.8. The highest BCUT2D eigenvalue weighted by Crippen LogP contribution is 2.37. The summed E-state index contributed by atoms with van der Waals surface area (Å²) in [5.41, 5.74) is 2.76. The van der Waals surface area contributed by atoms with Crippen molar-refractivity contribution in [1.82, 2.24) is 0 Å². The minimum Gasteiger partial charge on any atom is -0.266 e. The number of anilines is 1. The Kier molecular flexibility index (Phi) is 3.55. The second-order valence-electron chi connectivity index (χ2n) is 5.25. The molecule has 0 saturated heterocycles. The Morgan fingerprint density at radius 1 is 1.05 bits per heavy atom. The molecule has 0 saturated carbocycles. The number of benzene rings is 2. The summed E-state index contributed by atoms with van der Waals surface area (Å²) in [5, 5.41) is 1.29. The molecule has 2 aromatic carbocycles. The van der Waals surface area contributed by atoms with Gasteiger partial charge in [-0.25, -0.2) is 8.42 Å². The van der Waals surface area contributed by atoms with E-state index in [0.717, 1.165) is 16.8 Å². The highest BCUT2D eigenvalue weighted by atomic mass is 32.2. The van der Waals surface area contributed by atoms with Crippen LogP contribution in [0.3, 0.4) is 0 Å². The van der Waals surface area contributed by atoms with Gasteiger partial charge in [0.1, 0.15) is 0 Å². The Morgan fingerprint density at radius 2 is 1.71 bits per heavy atom. The second kappa shape index (κ2) is 5.37. The van der Waals surface area contributed by atoms with E-state index in [1.165, 1.54) is 9.71 Å². The average Bonchev–Trinajstić information content (AvgIpc) is 2.85. The monoisotopic (exact) mass is 299 g/mol. The molecule has 1 heterocycles. The van der Waals surface area contributed by atoms with E-state index in [4.69, 9.17) is 0 Å². The smallest absolute Gasteiger partial charge is 0.257 e. The number of sulfonamides is 1. The van der Waals surface area contributed by atoms with Crippen LogP contribution in [0, 0.1) is 0 Å². The van der Waals surface area contributed by atoms with E-state index in [9.17, 15) is 8.42 Å². The molecule has 21 heavy (non-hydrogen) atoms. The molecule has 1 aliphatic rings. The van der Waals surface area contributed by atoms with Crippen molar-refractivity contribution in [1.29, 1.82) is 0 Å². The first-order valence-electron chi connectivity index (χ1n) is 6.93. The van der Waals surface area contributed by atoms with Gasteiger partial charge in [-0.15, -0.1) is 0 Å². The third-order valence-electron chi connectivity index (χ3n) is 3.72. The Morgan fingerprint density at radius 3 is 2.48 bits per heavy atom. The van der Waals surface area contributed by atoms with E-state index in [-0.39, 0.29) is 5.92 Å². The standard InChI is InChI=1S/C17H17NO2S/c1-14-13-18(17-10-6-5-9-16(14)17)21(19,20)12-11-15-7-3-2-4-8-15/h2-12,14H,13H2,1H3. The summed E-state index contributed by atoms with van der Waals surface area (Å²) < 4.78 is 26.6. The Balaban J connectivity index is 1.92. The maximum Gasteiger partial charge on any atom is 0.257 e. The summed E-state index contributed by atoms with van der Waals surface area (Å²) in [6.07, 6.45) is 1.64. The summed E-state index contributed by atoms with van der Waals surface area (Å²) in [6, 6.07) is 17.1. The number of rotatable bonds is 3. The van der Waals surface area contributed by atoms with Crippen LogP contribution in [-0.2, 0) is 10.0 Å². The maximum absolute atomic E-state index is 12.6. The van der Waals surface area contributed by atoms with Crippen LogP contribution in [-0.4, -0.2) is 15.0 Å². The van der Waals surface area contributed by atoms with Gasteiger partial charge in [-0.3, -0.25) is 4.31 Å². The van der Waals surface area contributed by atoms with Crippen LogP contribution in [0.15, 0.2) is 60.0 Å². The van der Waals surface area contributed by atoms with Crippen molar-refractivity contribution in [3.8, 4) is 0 Å². The van der Waals surface area contributed by atoms with Gasteiger partial charge in [-0.2, -0.15) is 0 Å². The van der Waals surface area contributed by atoms with Crippen molar-refractivity contribution in [2.75, 3.05) is 10.8 Å². The summed E-state index contributed by atoms with van der Waals surface area (Å²) in [5.74, 6) is 0.223. The lowest BCUT2D eigenvalue weighted by Crippen LogP contribution is -2.27. The van der Waals surface area contributed by atoms with Crippen LogP contribution < -0.4 is 4.31 Å². The van der Waals surface area contributed by atoms with E-state index in [1.807, 2.05) is 54.6 Å². The van der Waals surface area contributed by atoms with Gasteiger partial charge in [-0.05, 0) is 23.3 Å². The first-order valence-corrected chi connectivity index (χ1v) is 8.43. The highest BCUT2D eigenvalue weighted by Gasteiger charge is 2.31. The number of nitrogens with zero attached hydrogens (tertiary/aromatic N) is 1. The minimum atomic E-state index is -3.45. The molecule has 0 aromatic heterocycles. The fourth-order valence-electron chi connectivity index (χ4n) is 2.62. The van der Waals surface area contributed by atoms with Crippen molar-refractivity contribution in [2.45, 2.75) is 12.8 Å². The third-order valence-corrected chi connectivity index (χ3v) is 5.16. The van der Waals surface area contributed by atoms with Gasteiger partial charge in [0.2, 0.25) is 0 Å². The van der Waals surface area contributed by atoms with Crippen molar-refractivity contribution < 1.29 is 8.42 Å². The van der Waals surface area contributed by atoms with E-state index in [0.29, 0.717) is 6.54 Å². The summed E-state index contributed by atoms with van der Waals surface area (Å²) >= 11 is 0. The Bertz CT molecular complexity index is 766. The van der Waals surface area contributed by atoms with Crippen molar-refractivity contribution in [3.05, 3.63) is 71.1 Å².